The van der Waals surface area contributed by atoms with Gasteiger partial charge in [-0.1, -0.05) is 20.8 Å². The molecule has 0 fully saturated rings. The lowest BCUT2D eigenvalue weighted by Crippen LogP contribution is -2.05. The van der Waals surface area contributed by atoms with Gasteiger partial charge in [0, 0.05) is 6.08 Å². The molecule has 0 atom stereocenters. The molecule has 0 aliphatic rings. The highest BCUT2D eigenvalue weighted by Gasteiger charge is 2.15. The number of hydrogen-bond donors (Lipinski definition) is 0. The standard InChI is InChI=1S/C20H30O5/c1-5-11-23-17-14-16(9-10-19(21)22-8-4)15-18(24-12-6-2)20(17)25-13-7-3/h9-10,14-15H,5-8,11-13H2,1-4H3. The van der Waals surface area contributed by atoms with Crippen LogP contribution in [0.1, 0.15) is 52.5 Å². The molecule has 5 nitrogen and oxygen atoms in total. The van der Waals surface area contributed by atoms with Crippen molar-refractivity contribution in [3.05, 3.63) is 23.8 Å². The number of ether oxygens (including phenoxy) is 4. The van der Waals surface area contributed by atoms with Crippen molar-refractivity contribution in [2.45, 2.75) is 47.0 Å². The number of rotatable bonds is 12. The molecule has 0 aliphatic heterocycles. The molecule has 0 unspecified atom stereocenters. The van der Waals surface area contributed by atoms with Crippen LogP contribution in [-0.2, 0) is 9.53 Å². The minimum Gasteiger partial charge on any atom is -0.490 e. The third-order valence-electron chi connectivity index (χ3n) is 3.12. The van der Waals surface area contributed by atoms with Crippen molar-refractivity contribution >= 4 is 12.0 Å². The zero-order chi connectivity index (χ0) is 18.5. The smallest absolute Gasteiger partial charge is 0.330 e. The fourth-order valence-corrected chi connectivity index (χ4v) is 2.03. The summed E-state index contributed by atoms with van der Waals surface area (Å²) in [6.07, 6.45) is 5.77. The molecule has 0 bridgehead atoms. The molecule has 0 aromatic heterocycles. The maximum atomic E-state index is 11.5. The molecule has 0 radical (unpaired) electrons. The predicted molar refractivity (Wildman–Crippen MR) is 99.5 cm³/mol. The normalized spacial score (nSPS) is 10.7. The summed E-state index contributed by atoms with van der Waals surface area (Å²) in [5, 5.41) is 0. The van der Waals surface area contributed by atoms with E-state index in [1.807, 2.05) is 26.0 Å². The largest absolute Gasteiger partial charge is 0.490 e. The second-order valence-electron chi connectivity index (χ2n) is 5.48. The van der Waals surface area contributed by atoms with Gasteiger partial charge in [0.05, 0.1) is 26.4 Å². The van der Waals surface area contributed by atoms with Crippen LogP contribution in [0.5, 0.6) is 17.2 Å². The van der Waals surface area contributed by atoms with Gasteiger partial charge in [0.15, 0.2) is 11.5 Å². The van der Waals surface area contributed by atoms with Crippen LogP contribution < -0.4 is 14.2 Å². The Balaban J connectivity index is 3.17. The van der Waals surface area contributed by atoms with Crippen molar-refractivity contribution in [1.29, 1.82) is 0 Å². The summed E-state index contributed by atoms with van der Waals surface area (Å²) >= 11 is 0. The zero-order valence-electron chi connectivity index (χ0n) is 15.8. The number of esters is 1. The minimum absolute atomic E-state index is 0.350. The van der Waals surface area contributed by atoms with Crippen LogP contribution >= 0.6 is 0 Å². The molecular weight excluding hydrogens is 320 g/mol. The van der Waals surface area contributed by atoms with Crippen molar-refractivity contribution < 1.29 is 23.7 Å². The maximum Gasteiger partial charge on any atom is 0.330 e. The monoisotopic (exact) mass is 350 g/mol. The molecule has 0 saturated carbocycles. The van der Waals surface area contributed by atoms with Crippen LogP contribution in [0.2, 0.25) is 0 Å². The van der Waals surface area contributed by atoms with E-state index in [1.54, 1.807) is 13.0 Å². The Morgan fingerprint density at radius 2 is 1.40 bits per heavy atom. The van der Waals surface area contributed by atoms with Crippen molar-refractivity contribution in [2.75, 3.05) is 26.4 Å². The molecule has 0 spiro atoms. The highest BCUT2D eigenvalue weighted by Crippen LogP contribution is 2.39. The van der Waals surface area contributed by atoms with Gasteiger partial charge < -0.3 is 18.9 Å². The van der Waals surface area contributed by atoms with E-state index >= 15 is 0 Å². The second-order valence-corrected chi connectivity index (χ2v) is 5.48. The number of hydrogen-bond acceptors (Lipinski definition) is 5. The Morgan fingerprint density at radius 1 is 0.880 bits per heavy atom. The van der Waals surface area contributed by atoms with E-state index < -0.39 is 0 Å². The molecule has 1 aromatic rings. The molecule has 140 valence electrons. The van der Waals surface area contributed by atoms with Crippen molar-refractivity contribution in [3.63, 3.8) is 0 Å². The summed E-state index contributed by atoms with van der Waals surface area (Å²) in [5.74, 6) is 1.51. The van der Waals surface area contributed by atoms with E-state index in [2.05, 4.69) is 6.92 Å². The SMILES string of the molecule is CCCOc1cc(C=CC(=O)OCC)cc(OCCC)c1OCCC. The van der Waals surface area contributed by atoms with Gasteiger partial charge >= 0.3 is 5.97 Å². The van der Waals surface area contributed by atoms with Gasteiger partial charge in [0.1, 0.15) is 0 Å². The van der Waals surface area contributed by atoms with E-state index in [1.165, 1.54) is 6.08 Å². The summed E-state index contributed by atoms with van der Waals surface area (Å²) in [7, 11) is 0. The second kappa shape index (κ2) is 12.2. The van der Waals surface area contributed by atoms with E-state index in [-0.39, 0.29) is 5.97 Å². The molecule has 5 heteroatoms. The summed E-state index contributed by atoms with van der Waals surface area (Å²) in [6, 6.07) is 3.71. The molecule has 0 N–H and O–H groups in total. The van der Waals surface area contributed by atoms with Gasteiger partial charge in [-0.15, -0.1) is 0 Å². The van der Waals surface area contributed by atoms with Gasteiger partial charge in [-0.3, -0.25) is 0 Å². The average molecular weight is 350 g/mol. The number of carbonyl (C=O) groups is 1. The van der Waals surface area contributed by atoms with Crippen LogP contribution in [0.15, 0.2) is 18.2 Å². The summed E-state index contributed by atoms with van der Waals surface area (Å²) < 4.78 is 22.5. The molecule has 1 aromatic carbocycles. The lowest BCUT2D eigenvalue weighted by Gasteiger charge is -2.17. The summed E-state index contributed by atoms with van der Waals surface area (Å²) in [5.41, 5.74) is 0.800. The summed E-state index contributed by atoms with van der Waals surface area (Å²) in [6.45, 7) is 10.0. The van der Waals surface area contributed by atoms with Crippen LogP contribution in [0.3, 0.4) is 0 Å². The molecule has 1 rings (SSSR count). The highest BCUT2D eigenvalue weighted by molar-refractivity contribution is 5.87. The maximum absolute atomic E-state index is 11.5. The predicted octanol–water partition coefficient (Wildman–Crippen LogP) is 4.63. The quantitative estimate of drug-likeness (QED) is 0.406. The number of carbonyl (C=O) groups excluding carboxylic acids is 1. The Kier molecular flexibility index (Phi) is 10.2. The fourth-order valence-electron chi connectivity index (χ4n) is 2.03. The van der Waals surface area contributed by atoms with E-state index in [0.29, 0.717) is 43.7 Å². The van der Waals surface area contributed by atoms with E-state index in [9.17, 15) is 4.79 Å². The molecule has 0 aliphatic carbocycles. The number of benzene rings is 1. The lowest BCUT2D eigenvalue weighted by molar-refractivity contribution is -0.137. The van der Waals surface area contributed by atoms with Crippen molar-refractivity contribution in [3.8, 4) is 17.2 Å². The minimum atomic E-state index is -0.374. The van der Waals surface area contributed by atoms with Crippen molar-refractivity contribution in [2.24, 2.45) is 0 Å². The molecule has 0 saturated heterocycles. The zero-order valence-corrected chi connectivity index (χ0v) is 15.8. The van der Waals surface area contributed by atoms with Crippen molar-refractivity contribution in [1.82, 2.24) is 0 Å². The first-order valence-electron chi connectivity index (χ1n) is 9.07. The topological polar surface area (TPSA) is 54.0 Å². The van der Waals surface area contributed by atoms with Gasteiger partial charge in [-0.05, 0) is 50.0 Å². The average Bonchev–Trinajstić information content (AvgIpc) is 2.62. The Bertz CT molecular complexity index is 522. The Labute approximate surface area is 150 Å². The summed E-state index contributed by atoms with van der Waals surface area (Å²) in [4.78, 5) is 11.5. The Morgan fingerprint density at radius 3 is 1.88 bits per heavy atom. The van der Waals surface area contributed by atoms with Crippen LogP contribution in [-0.4, -0.2) is 32.4 Å². The third-order valence-corrected chi connectivity index (χ3v) is 3.12. The van der Waals surface area contributed by atoms with Gasteiger partial charge in [-0.2, -0.15) is 0 Å². The Hall–Kier alpha value is -2.17. The lowest BCUT2D eigenvalue weighted by atomic mass is 10.1. The first-order chi connectivity index (χ1) is 12.2. The highest BCUT2D eigenvalue weighted by atomic mass is 16.5. The van der Waals surface area contributed by atoms with Crippen LogP contribution in [0, 0.1) is 0 Å². The first-order valence-corrected chi connectivity index (χ1v) is 9.07. The first kappa shape index (κ1) is 20.9. The van der Waals surface area contributed by atoms with E-state index in [0.717, 1.165) is 24.8 Å². The van der Waals surface area contributed by atoms with Gasteiger partial charge in [-0.25, -0.2) is 4.79 Å². The van der Waals surface area contributed by atoms with Gasteiger partial charge in [0.2, 0.25) is 5.75 Å². The molecule has 0 amide bonds. The molecule has 0 heterocycles. The van der Waals surface area contributed by atoms with E-state index in [4.69, 9.17) is 18.9 Å². The molecular formula is C20H30O5. The molecule has 25 heavy (non-hydrogen) atoms. The van der Waals surface area contributed by atoms with Crippen LogP contribution in [0.25, 0.3) is 6.08 Å². The third kappa shape index (κ3) is 7.50. The van der Waals surface area contributed by atoms with Gasteiger partial charge in [0.25, 0.3) is 0 Å². The van der Waals surface area contributed by atoms with Crippen LogP contribution in [0.4, 0.5) is 0 Å². The fraction of sp³-hybridized carbons (Fsp3) is 0.550.